The molecule has 0 saturated heterocycles. The Morgan fingerprint density at radius 3 is 2.32 bits per heavy atom. The van der Waals surface area contributed by atoms with Gasteiger partial charge >= 0.3 is 0 Å². The second-order valence-electron chi connectivity index (χ2n) is 4.52. The molecule has 0 bridgehead atoms. The summed E-state index contributed by atoms with van der Waals surface area (Å²) in [7, 11) is 0. The van der Waals surface area contributed by atoms with E-state index in [0.717, 1.165) is 22.5 Å². The van der Waals surface area contributed by atoms with E-state index in [2.05, 4.69) is 34.2 Å². The molecule has 0 saturated carbocycles. The molecule has 0 radical (unpaired) electrons. The number of hydrogen-bond acceptors (Lipinski definition) is 2. The maximum absolute atomic E-state index is 4.46. The molecule has 0 aliphatic carbocycles. The van der Waals surface area contributed by atoms with E-state index >= 15 is 0 Å². The van der Waals surface area contributed by atoms with Crippen molar-refractivity contribution >= 4 is 0 Å². The molecular weight excluding hydrogens is 232 g/mol. The minimum absolute atomic E-state index is 0.973. The average molecular weight is 246 g/mol. The van der Waals surface area contributed by atoms with Crippen LogP contribution in [0, 0.1) is 6.92 Å². The zero-order valence-electron chi connectivity index (χ0n) is 10.7. The van der Waals surface area contributed by atoms with Gasteiger partial charge in [-0.05, 0) is 30.7 Å². The molecule has 2 aromatic heterocycles. The average Bonchev–Trinajstić information content (AvgIpc) is 2.49. The molecule has 3 aromatic rings. The summed E-state index contributed by atoms with van der Waals surface area (Å²) in [6.45, 7) is 2.04. The van der Waals surface area contributed by atoms with E-state index in [-0.39, 0.29) is 0 Å². The highest BCUT2D eigenvalue weighted by atomic mass is 14.7. The van der Waals surface area contributed by atoms with Crippen molar-refractivity contribution in [1.82, 2.24) is 9.97 Å². The fourth-order valence-corrected chi connectivity index (χ4v) is 2.00. The summed E-state index contributed by atoms with van der Waals surface area (Å²) < 4.78 is 0. The summed E-state index contributed by atoms with van der Waals surface area (Å²) in [4.78, 5) is 8.88. The van der Waals surface area contributed by atoms with Crippen molar-refractivity contribution in [2.24, 2.45) is 0 Å². The first-order valence-electron chi connectivity index (χ1n) is 6.27. The van der Waals surface area contributed by atoms with E-state index < -0.39 is 0 Å². The van der Waals surface area contributed by atoms with Crippen LogP contribution in [0.15, 0.2) is 67.0 Å². The minimum atomic E-state index is 0.973. The molecule has 2 heteroatoms. The molecule has 3 rings (SSSR count). The molecule has 0 spiro atoms. The first-order valence-corrected chi connectivity index (χ1v) is 6.27. The smallest absolute Gasteiger partial charge is 0.0708 e. The zero-order chi connectivity index (χ0) is 13.1. The monoisotopic (exact) mass is 246 g/mol. The third-order valence-corrected chi connectivity index (χ3v) is 3.04. The molecule has 2 heterocycles. The van der Waals surface area contributed by atoms with Gasteiger partial charge in [0.25, 0.3) is 0 Å². The molecular formula is C17H14N2. The Bertz CT molecular complexity index is 673. The van der Waals surface area contributed by atoms with Gasteiger partial charge in [-0.1, -0.05) is 36.4 Å². The van der Waals surface area contributed by atoms with Crippen LogP contribution in [0.4, 0.5) is 0 Å². The van der Waals surface area contributed by atoms with E-state index in [1.165, 1.54) is 5.56 Å². The van der Waals surface area contributed by atoms with Crippen LogP contribution in [0.5, 0.6) is 0 Å². The van der Waals surface area contributed by atoms with E-state index in [4.69, 9.17) is 0 Å². The number of aryl methyl sites for hydroxylation is 1. The van der Waals surface area contributed by atoms with Crippen molar-refractivity contribution in [2.75, 3.05) is 0 Å². The van der Waals surface area contributed by atoms with Gasteiger partial charge in [-0.15, -0.1) is 0 Å². The fourth-order valence-electron chi connectivity index (χ4n) is 2.00. The molecule has 0 aliphatic heterocycles. The van der Waals surface area contributed by atoms with E-state index in [0.29, 0.717) is 0 Å². The van der Waals surface area contributed by atoms with Crippen molar-refractivity contribution in [3.63, 3.8) is 0 Å². The van der Waals surface area contributed by atoms with Crippen molar-refractivity contribution in [2.45, 2.75) is 6.92 Å². The zero-order valence-corrected chi connectivity index (χ0v) is 10.7. The first kappa shape index (κ1) is 11.6. The van der Waals surface area contributed by atoms with Crippen LogP contribution in [-0.4, -0.2) is 9.97 Å². The van der Waals surface area contributed by atoms with Crippen molar-refractivity contribution in [3.05, 3.63) is 72.6 Å². The predicted molar refractivity (Wildman–Crippen MR) is 77.6 cm³/mol. The van der Waals surface area contributed by atoms with Crippen LogP contribution in [0.2, 0.25) is 0 Å². The number of aromatic nitrogens is 2. The van der Waals surface area contributed by atoms with Gasteiger partial charge in [0.2, 0.25) is 0 Å². The lowest BCUT2D eigenvalue weighted by atomic mass is 10.1. The Balaban J connectivity index is 2.03. The van der Waals surface area contributed by atoms with Crippen LogP contribution in [0.25, 0.3) is 22.5 Å². The van der Waals surface area contributed by atoms with Gasteiger partial charge in [-0.2, -0.15) is 0 Å². The van der Waals surface area contributed by atoms with Gasteiger partial charge in [0.1, 0.15) is 0 Å². The Labute approximate surface area is 112 Å². The standard InChI is InChI=1S/C17H14N2/c1-13-7-8-16(19-12-13)15-9-10-18-17(11-15)14-5-3-2-4-6-14/h2-12H,1H3. The molecule has 0 N–H and O–H groups in total. The quantitative estimate of drug-likeness (QED) is 0.679. The molecule has 0 amide bonds. The van der Waals surface area contributed by atoms with Gasteiger partial charge in [-0.3, -0.25) is 9.97 Å². The lowest BCUT2D eigenvalue weighted by Gasteiger charge is -2.04. The maximum Gasteiger partial charge on any atom is 0.0708 e. The predicted octanol–water partition coefficient (Wildman–Crippen LogP) is 4.12. The van der Waals surface area contributed by atoms with Crippen LogP contribution < -0.4 is 0 Å². The highest BCUT2D eigenvalue weighted by Gasteiger charge is 2.03. The summed E-state index contributed by atoms with van der Waals surface area (Å²) in [5.41, 5.74) is 5.33. The maximum atomic E-state index is 4.46. The van der Waals surface area contributed by atoms with Crippen LogP contribution in [0.3, 0.4) is 0 Å². The lowest BCUT2D eigenvalue weighted by molar-refractivity contribution is 1.25. The van der Waals surface area contributed by atoms with E-state index in [9.17, 15) is 0 Å². The Kier molecular flexibility index (Phi) is 3.07. The normalized spacial score (nSPS) is 10.4. The third-order valence-electron chi connectivity index (χ3n) is 3.04. The summed E-state index contributed by atoms with van der Waals surface area (Å²) in [5.74, 6) is 0. The second kappa shape index (κ2) is 5.02. The van der Waals surface area contributed by atoms with Gasteiger partial charge in [0.05, 0.1) is 11.4 Å². The van der Waals surface area contributed by atoms with Crippen molar-refractivity contribution in [3.8, 4) is 22.5 Å². The lowest BCUT2D eigenvalue weighted by Crippen LogP contribution is -1.87. The van der Waals surface area contributed by atoms with Gasteiger partial charge in [-0.25, -0.2) is 0 Å². The molecule has 92 valence electrons. The topological polar surface area (TPSA) is 25.8 Å². The highest BCUT2D eigenvalue weighted by molar-refractivity contribution is 5.68. The SMILES string of the molecule is Cc1ccc(-c2ccnc(-c3ccccc3)c2)nc1. The summed E-state index contributed by atoms with van der Waals surface area (Å²) in [6.07, 6.45) is 3.72. The van der Waals surface area contributed by atoms with Crippen LogP contribution >= 0.6 is 0 Å². The van der Waals surface area contributed by atoms with Crippen molar-refractivity contribution in [1.29, 1.82) is 0 Å². The van der Waals surface area contributed by atoms with E-state index in [1.807, 2.05) is 49.6 Å². The largest absolute Gasteiger partial charge is 0.256 e. The summed E-state index contributed by atoms with van der Waals surface area (Å²) >= 11 is 0. The highest BCUT2D eigenvalue weighted by Crippen LogP contribution is 2.23. The first-order chi connectivity index (χ1) is 9.33. The van der Waals surface area contributed by atoms with Crippen LogP contribution in [-0.2, 0) is 0 Å². The molecule has 19 heavy (non-hydrogen) atoms. The molecule has 2 nitrogen and oxygen atoms in total. The number of nitrogens with zero attached hydrogens (tertiary/aromatic N) is 2. The third kappa shape index (κ3) is 2.52. The van der Waals surface area contributed by atoms with E-state index in [1.54, 1.807) is 0 Å². The van der Waals surface area contributed by atoms with Gasteiger partial charge in [0.15, 0.2) is 0 Å². The molecule has 1 aromatic carbocycles. The number of pyridine rings is 2. The Morgan fingerprint density at radius 2 is 1.58 bits per heavy atom. The minimum Gasteiger partial charge on any atom is -0.256 e. The fraction of sp³-hybridized carbons (Fsp3) is 0.0588. The summed E-state index contributed by atoms with van der Waals surface area (Å²) in [6, 6.07) is 18.4. The summed E-state index contributed by atoms with van der Waals surface area (Å²) in [5, 5.41) is 0. The number of hydrogen-bond donors (Lipinski definition) is 0. The molecule has 0 fully saturated rings. The molecule has 0 unspecified atom stereocenters. The molecule has 0 aliphatic rings. The van der Waals surface area contributed by atoms with Gasteiger partial charge < -0.3 is 0 Å². The number of rotatable bonds is 2. The second-order valence-corrected chi connectivity index (χ2v) is 4.52. The van der Waals surface area contributed by atoms with Gasteiger partial charge in [0, 0.05) is 23.5 Å². The van der Waals surface area contributed by atoms with Crippen LogP contribution in [0.1, 0.15) is 5.56 Å². The van der Waals surface area contributed by atoms with Crippen molar-refractivity contribution < 1.29 is 0 Å². The molecule has 0 atom stereocenters. The Hall–Kier alpha value is -2.48. The number of benzene rings is 1. The Morgan fingerprint density at radius 1 is 0.737 bits per heavy atom.